The van der Waals surface area contributed by atoms with E-state index >= 15 is 0 Å². The van der Waals surface area contributed by atoms with Gasteiger partial charge < -0.3 is 9.72 Å². The van der Waals surface area contributed by atoms with Crippen molar-refractivity contribution in [1.82, 2.24) is 30.5 Å². The molecule has 0 amide bonds. The number of H-pyrrole nitrogens is 2. The monoisotopic (exact) mass is 436 g/mol. The van der Waals surface area contributed by atoms with Crippen LogP contribution in [0.15, 0.2) is 72.8 Å². The van der Waals surface area contributed by atoms with Crippen molar-refractivity contribution in [3.05, 3.63) is 95.2 Å². The first-order chi connectivity index (χ1) is 16.3. The molecular weight excluding hydrogens is 412 g/mol. The van der Waals surface area contributed by atoms with Gasteiger partial charge >= 0.3 is 0 Å². The molecule has 1 aliphatic rings. The van der Waals surface area contributed by atoms with E-state index in [1.807, 2.05) is 12.1 Å². The lowest BCUT2D eigenvalue weighted by atomic mass is 9.91. The molecule has 164 valence electrons. The zero-order valence-electron chi connectivity index (χ0n) is 18.3. The predicted molar refractivity (Wildman–Crippen MR) is 127 cm³/mol. The number of fused-ring (bicyclic) bond motifs is 3. The van der Waals surface area contributed by atoms with Crippen LogP contribution < -0.4 is 4.74 Å². The lowest BCUT2D eigenvalue weighted by molar-refractivity contribution is 0.201. The van der Waals surface area contributed by atoms with Crippen molar-refractivity contribution in [2.24, 2.45) is 0 Å². The van der Waals surface area contributed by atoms with Gasteiger partial charge in [0.05, 0.1) is 13.2 Å². The van der Waals surface area contributed by atoms with Crippen molar-refractivity contribution in [2.45, 2.75) is 19.0 Å². The zero-order chi connectivity index (χ0) is 22.2. The van der Waals surface area contributed by atoms with Crippen LogP contribution in [0.1, 0.15) is 28.4 Å². The molecule has 0 spiro atoms. The number of methoxy groups -OCH3 is 1. The number of aromatic nitrogens is 5. The summed E-state index contributed by atoms with van der Waals surface area (Å²) in [6.07, 6.45) is 1.00. The molecule has 33 heavy (non-hydrogen) atoms. The number of tetrazole rings is 1. The van der Waals surface area contributed by atoms with Crippen LogP contribution in [0.3, 0.4) is 0 Å². The van der Waals surface area contributed by atoms with Crippen LogP contribution in [0.5, 0.6) is 5.75 Å². The Hall–Kier alpha value is -3.97. The SMILES string of the molecule is COc1cccc(C2c3[nH]c4ccccc4c3CCN2Cc2cccc(-c3nn[nH]n3)c2)c1. The number of nitrogens with one attached hydrogen (secondary N) is 2. The molecule has 0 fully saturated rings. The Morgan fingerprint density at radius 1 is 1.03 bits per heavy atom. The number of aromatic amines is 2. The van der Waals surface area contributed by atoms with E-state index in [2.05, 4.69) is 91.2 Å². The molecule has 0 saturated heterocycles. The van der Waals surface area contributed by atoms with Crippen molar-refractivity contribution in [2.75, 3.05) is 13.7 Å². The van der Waals surface area contributed by atoms with E-state index in [0.29, 0.717) is 5.82 Å². The molecule has 6 rings (SSSR count). The van der Waals surface area contributed by atoms with E-state index in [-0.39, 0.29) is 6.04 Å². The number of nitrogens with zero attached hydrogens (tertiary/aromatic N) is 4. The molecule has 3 heterocycles. The van der Waals surface area contributed by atoms with Gasteiger partial charge in [-0.3, -0.25) is 4.90 Å². The van der Waals surface area contributed by atoms with Crippen molar-refractivity contribution in [3.8, 4) is 17.1 Å². The highest BCUT2D eigenvalue weighted by Gasteiger charge is 2.32. The molecule has 0 aliphatic carbocycles. The largest absolute Gasteiger partial charge is 0.497 e. The summed E-state index contributed by atoms with van der Waals surface area (Å²) >= 11 is 0. The Kier molecular flexibility index (Phi) is 4.88. The number of rotatable bonds is 5. The Bertz CT molecular complexity index is 1410. The fourth-order valence-electron chi connectivity index (χ4n) is 4.98. The molecule has 1 aliphatic heterocycles. The molecule has 2 N–H and O–H groups in total. The summed E-state index contributed by atoms with van der Waals surface area (Å²) in [6, 6.07) is 25.5. The highest BCUT2D eigenvalue weighted by atomic mass is 16.5. The fraction of sp³-hybridized carbons (Fsp3) is 0.192. The first-order valence-corrected chi connectivity index (χ1v) is 11.1. The highest BCUT2D eigenvalue weighted by Crippen LogP contribution is 2.40. The van der Waals surface area contributed by atoms with E-state index in [1.54, 1.807) is 7.11 Å². The maximum absolute atomic E-state index is 5.55. The second kappa shape index (κ2) is 8.18. The van der Waals surface area contributed by atoms with Gasteiger partial charge in [-0.2, -0.15) is 5.21 Å². The van der Waals surface area contributed by atoms with Gasteiger partial charge in [0.25, 0.3) is 0 Å². The van der Waals surface area contributed by atoms with Crippen molar-refractivity contribution in [3.63, 3.8) is 0 Å². The quantitative estimate of drug-likeness (QED) is 0.424. The van der Waals surface area contributed by atoms with Crippen LogP contribution in [0.25, 0.3) is 22.3 Å². The number of hydrogen-bond donors (Lipinski definition) is 2. The van der Waals surface area contributed by atoms with Crippen LogP contribution in [0.4, 0.5) is 0 Å². The normalized spacial score (nSPS) is 16.1. The lowest BCUT2D eigenvalue weighted by Crippen LogP contribution is -2.35. The Morgan fingerprint density at radius 3 is 2.82 bits per heavy atom. The maximum atomic E-state index is 5.55. The first kappa shape index (κ1) is 19.7. The van der Waals surface area contributed by atoms with Crippen LogP contribution in [0, 0.1) is 0 Å². The molecule has 1 unspecified atom stereocenters. The third-order valence-corrected chi connectivity index (χ3v) is 6.46. The van der Waals surface area contributed by atoms with Gasteiger partial charge in [0.2, 0.25) is 5.82 Å². The van der Waals surface area contributed by atoms with Crippen molar-refractivity contribution < 1.29 is 4.74 Å². The van der Waals surface area contributed by atoms with Gasteiger partial charge in [0.15, 0.2) is 0 Å². The van der Waals surface area contributed by atoms with E-state index in [4.69, 9.17) is 4.74 Å². The second-order valence-electron chi connectivity index (χ2n) is 8.40. The van der Waals surface area contributed by atoms with E-state index in [0.717, 1.165) is 30.8 Å². The molecule has 0 saturated carbocycles. The third-order valence-electron chi connectivity index (χ3n) is 6.46. The predicted octanol–water partition coefficient (Wildman–Crippen LogP) is 4.50. The number of ether oxygens (including phenoxy) is 1. The van der Waals surface area contributed by atoms with Gasteiger partial charge in [-0.15, -0.1) is 10.2 Å². The van der Waals surface area contributed by atoms with Gasteiger partial charge in [0.1, 0.15) is 5.75 Å². The topological polar surface area (TPSA) is 82.7 Å². The third kappa shape index (κ3) is 3.56. The zero-order valence-corrected chi connectivity index (χ0v) is 18.3. The molecule has 0 radical (unpaired) electrons. The fourth-order valence-corrected chi connectivity index (χ4v) is 4.98. The summed E-state index contributed by atoms with van der Waals surface area (Å²) < 4.78 is 5.55. The summed E-state index contributed by atoms with van der Waals surface area (Å²) in [4.78, 5) is 6.27. The van der Waals surface area contributed by atoms with E-state index in [1.165, 1.54) is 33.3 Å². The summed E-state index contributed by atoms with van der Waals surface area (Å²) in [7, 11) is 1.72. The van der Waals surface area contributed by atoms with Crippen molar-refractivity contribution in [1.29, 1.82) is 0 Å². The van der Waals surface area contributed by atoms with Gasteiger partial charge in [-0.1, -0.05) is 48.5 Å². The van der Waals surface area contributed by atoms with Gasteiger partial charge in [-0.25, -0.2) is 0 Å². The van der Waals surface area contributed by atoms with Crippen LogP contribution in [-0.2, 0) is 13.0 Å². The Balaban J connectivity index is 1.42. The van der Waals surface area contributed by atoms with Gasteiger partial charge in [-0.05, 0) is 52.6 Å². The summed E-state index contributed by atoms with van der Waals surface area (Å²) in [6.45, 7) is 1.77. The van der Waals surface area contributed by atoms with E-state index in [9.17, 15) is 0 Å². The molecule has 0 bridgehead atoms. The minimum absolute atomic E-state index is 0.102. The summed E-state index contributed by atoms with van der Waals surface area (Å²) in [5.41, 5.74) is 7.26. The summed E-state index contributed by atoms with van der Waals surface area (Å²) in [5.74, 6) is 1.48. The molecule has 2 aromatic heterocycles. The molecule has 3 aromatic carbocycles. The molecule has 7 heteroatoms. The van der Waals surface area contributed by atoms with Gasteiger partial charge in [0, 0.05) is 35.2 Å². The lowest BCUT2D eigenvalue weighted by Gasteiger charge is -2.36. The average molecular weight is 437 g/mol. The number of benzene rings is 3. The van der Waals surface area contributed by atoms with Crippen LogP contribution in [-0.4, -0.2) is 44.2 Å². The Labute approximate surface area is 191 Å². The number of para-hydroxylation sites is 1. The van der Waals surface area contributed by atoms with E-state index < -0.39 is 0 Å². The molecule has 5 aromatic rings. The molecule has 1 atom stereocenters. The summed E-state index contributed by atoms with van der Waals surface area (Å²) in [5, 5.41) is 15.8. The minimum atomic E-state index is 0.102. The smallest absolute Gasteiger partial charge is 0.204 e. The Morgan fingerprint density at radius 2 is 1.94 bits per heavy atom. The molecule has 7 nitrogen and oxygen atoms in total. The standard InChI is InChI=1S/C26H24N6O/c1-33-20-9-5-7-18(15-20)25-24-22(21-10-2-3-11-23(21)27-24)12-13-32(25)16-17-6-4-8-19(14-17)26-28-30-31-29-26/h2-11,14-15,25,27H,12-13,16H2,1H3,(H,28,29,30,31). The van der Waals surface area contributed by atoms with Crippen molar-refractivity contribution >= 4 is 10.9 Å². The number of hydrogen-bond acceptors (Lipinski definition) is 5. The second-order valence-corrected chi connectivity index (χ2v) is 8.40. The minimum Gasteiger partial charge on any atom is -0.497 e. The highest BCUT2D eigenvalue weighted by molar-refractivity contribution is 5.85. The average Bonchev–Trinajstić information content (AvgIpc) is 3.52. The molecular formula is C26H24N6O. The maximum Gasteiger partial charge on any atom is 0.204 e. The first-order valence-electron chi connectivity index (χ1n) is 11.1. The van der Waals surface area contributed by atoms with Crippen LogP contribution in [0.2, 0.25) is 0 Å². The van der Waals surface area contributed by atoms with Crippen LogP contribution >= 0.6 is 0 Å².